The normalized spacial score (nSPS) is 36.6. The third-order valence-electron chi connectivity index (χ3n) is 7.12. The summed E-state index contributed by atoms with van der Waals surface area (Å²) in [6, 6.07) is 0. The molecular weight excluding hydrogens is 652 g/mol. The van der Waals surface area contributed by atoms with Crippen molar-refractivity contribution in [3.8, 4) is 0 Å². The first-order chi connectivity index (χ1) is 20.9. The zero-order valence-corrected chi connectivity index (χ0v) is 24.6. The van der Waals surface area contributed by atoms with Crippen LogP contribution in [-0.2, 0) is 43.9 Å². The molecule has 7 heterocycles. The lowest BCUT2D eigenvalue weighted by atomic mass is 10.1. The fourth-order valence-corrected chi connectivity index (χ4v) is 7.53. The summed E-state index contributed by atoms with van der Waals surface area (Å²) in [6.07, 6.45) is -6.17. The topological polar surface area (TPSA) is 305 Å². The van der Waals surface area contributed by atoms with E-state index in [1.807, 2.05) is 0 Å². The summed E-state index contributed by atoms with van der Waals surface area (Å²) in [7, 11) is -4.83. The maximum Gasteiger partial charge on any atom is 0.472 e. The number of rotatable bonds is 2. The van der Waals surface area contributed by atoms with Crippen molar-refractivity contribution in [3.05, 3.63) is 28.6 Å². The van der Waals surface area contributed by atoms with Gasteiger partial charge in [0.2, 0.25) is 5.95 Å². The summed E-state index contributed by atoms with van der Waals surface area (Å²) in [5.74, 6) is -0.137. The molecular formula is C19H23N11O11P2S. The number of fused-ring (bicyclic) bond motifs is 5. The molecule has 2 unspecified atom stereocenters. The number of nitrogens with zero attached hydrogens (tertiary/aromatic N) is 8. The highest BCUT2D eigenvalue weighted by Crippen LogP contribution is 2.54. The summed E-state index contributed by atoms with van der Waals surface area (Å²) in [5.41, 5.74) is 11.2. The van der Waals surface area contributed by atoms with Crippen molar-refractivity contribution in [3.63, 3.8) is 0 Å². The molecule has 3 saturated heterocycles. The number of H-pyrrole nitrogens is 1. The highest BCUT2D eigenvalue weighted by atomic mass is 32.5. The number of nitrogens with two attached hydrogens (primary N) is 2. The lowest BCUT2D eigenvalue weighted by Crippen LogP contribution is -2.35. The monoisotopic (exact) mass is 675 g/mol. The fourth-order valence-electron chi connectivity index (χ4n) is 5.15. The SMILES string of the molecule is Nc1nc2c(nnn2[C@@H]2O[C@@H]3COP(=O)(O)O[C@H]4C[C@H](c5cnc6c(N)ncnn56)O[C@@H]4COP(O)(=S)O[C@@H]2[C@@H]3O)c(=O)[nH]1. The van der Waals surface area contributed by atoms with Crippen molar-refractivity contribution in [1.29, 1.82) is 0 Å². The number of nitrogens with one attached hydrogen (secondary N) is 1. The first kappa shape index (κ1) is 29.6. The van der Waals surface area contributed by atoms with Crippen LogP contribution in [0.1, 0.15) is 24.4 Å². The van der Waals surface area contributed by atoms with Gasteiger partial charge in [-0.15, -0.1) is 5.10 Å². The Morgan fingerprint density at radius 2 is 1.86 bits per heavy atom. The number of phosphoric ester groups is 1. The van der Waals surface area contributed by atoms with Gasteiger partial charge in [0.05, 0.1) is 25.1 Å². The minimum Gasteiger partial charge on any atom is -0.387 e. The molecule has 3 aliphatic heterocycles. The third kappa shape index (κ3) is 5.29. The number of ether oxygens (including phenoxy) is 2. The lowest BCUT2D eigenvalue weighted by Gasteiger charge is -2.26. The van der Waals surface area contributed by atoms with Gasteiger partial charge in [0.1, 0.15) is 43.0 Å². The average Bonchev–Trinajstić information content (AvgIpc) is 3.72. The molecule has 3 fully saturated rings. The van der Waals surface area contributed by atoms with Gasteiger partial charge in [-0.2, -0.15) is 14.8 Å². The second-order valence-corrected chi connectivity index (χ2v) is 14.1. The van der Waals surface area contributed by atoms with Crippen LogP contribution >= 0.6 is 14.5 Å². The molecule has 22 nitrogen and oxygen atoms in total. The molecule has 4 aromatic heterocycles. The zero-order valence-electron chi connectivity index (χ0n) is 22.0. The highest BCUT2D eigenvalue weighted by Gasteiger charge is 2.51. The smallest absolute Gasteiger partial charge is 0.387 e. The second-order valence-electron chi connectivity index (χ2n) is 9.92. The molecule has 0 aromatic carbocycles. The van der Waals surface area contributed by atoms with E-state index < -0.39 is 76.2 Å². The quantitative estimate of drug-likeness (QED) is 0.126. The number of imidazole rings is 1. The number of aromatic amines is 1. The summed E-state index contributed by atoms with van der Waals surface area (Å²) in [4.78, 5) is 48.3. The Kier molecular flexibility index (Phi) is 7.27. The Bertz CT molecular complexity index is 1910. The summed E-state index contributed by atoms with van der Waals surface area (Å²) >= 11 is 5.23. The highest BCUT2D eigenvalue weighted by molar-refractivity contribution is 8.07. The summed E-state index contributed by atoms with van der Waals surface area (Å²) in [5, 5.41) is 22.8. The van der Waals surface area contributed by atoms with Crippen LogP contribution in [-0.4, -0.2) is 103 Å². The predicted octanol–water partition coefficient (Wildman–Crippen LogP) is -1.96. The van der Waals surface area contributed by atoms with Crippen LogP contribution in [0.5, 0.6) is 0 Å². The minimum absolute atomic E-state index is 0.0106. The Morgan fingerprint density at radius 3 is 2.68 bits per heavy atom. The van der Waals surface area contributed by atoms with E-state index in [9.17, 15) is 24.3 Å². The van der Waals surface area contributed by atoms with Gasteiger partial charge >= 0.3 is 14.5 Å². The number of aliphatic hydroxyl groups is 1. The van der Waals surface area contributed by atoms with Crippen LogP contribution in [0.3, 0.4) is 0 Å². The molecule has 7 rings (SSSR count). The Labute approximate surface area is 249 Å². The van der Waals surface area contributed by atoms with Crippen LogP contribution in [0.2, 0.25) is 0 Å². The fraction of sp³-hybridized carbons (Fsp3) is 0.526. The maximum absolute atomic E-state index is 13.1. The summed E-state index contributed by atoms with van der Waals surface area (Å²) < 4.78 is 49.2. The standard InChI is InChI=1S/C19H23N11O11P2S/c20-14-16-22-2-6(29(16)24-5-23-14)7-1-8-9(38-7)3-37-43(35,44)41-13-12(31)10(4-36-42(33,34)40-8)39-18(13)30-15-11(27-28-30)17(32)26-19(21)25-15/h2,5,7-10,12-13,18,31H,1,3-4H2,(H,33,34)(H,35,44)(H2,20,23,24)(H3,21,25,26,32)/t7-,8+,9-,10-,12-,13-,18-,43?/m1/s1. The molecule has 8 N–H and O–H groups in total. The van der Waals surface area contributed by atoms with Gasteiger partial charge in [-0.3, -0.25) is 23.3 Å². The molecule has 44 heavy (non-hydrogen) atoms. The molecule has 9 atom stereocenters. The molecule has 0 spiro atoms. The third-order valence-corrected chi connectivity index (χ3v) is 9.69. The van der Waals surface area contributed by atoms with E-state index in [2.05, 4.69) is 35.3 Å². The van der Waals surface area contributed by atoms with Gasteiger partial charge in [-0.25, -0.2) is 19.0 Å². The molecule has 4 aromatic rings. The Hall–Kier alpha value is -3.05. The Morgan fingerprint density at radius 1 is 1.07 bits per heavy atom. The zero-order chi connectivity index (χ0) is 31.0. The van der Waals surface area contributed by atoms with Gasteiger partial charge in [0, 0.05) is 6.42 Å². The van der Waals surface area contributed by atoms with Gasteiger partial charge < -0.3 is 40.4 Å². The Balaban J connectivity index is 1.19. The van der Waals surface area contributed by atoms with Gasteiger partial charge in [0.25, 0.3) is 5.56 Å². The van der Waals surface area contributed by atoms with Crippen molar-refractivity contribution in [1.82, 2.24) is 44.5 Å². The molecule has 2 bridgehead atoms. The number of nitrogen functional groups attached to an aromatic ring is 2. The van der Waals surface area contributed by atoms with E-state index in [0.29, 0.717) is 5.69 Å². The van der Waals surface area contributed by atoms with Crippen LogP contribution in [0.25, 0.3) is 16.8 Å². The first-order valence-corrected chi connectivity index (χ1v) is 16.8. The largest absolute Gasteiger partial charge is 0.472 e. The van der Waals surface area contributed by atoms with E-state index in [0.717, 1.165) is 4.68 Å². The van der Waals surface area contributed by atoms with Gasteiger partial charge in [0.15, 0.2) is 28.9 Å². The van der Waals surface area contributed by atoms with Crippen LogP contribution in [0, 0.1) is 0 Å². The molecule has 3 aliphatic rings. The molecule has 0 amide bonds. The average molecular weight is 675 g/mol. The molecule has 0 aliphatic carbocycles. The van der Waals surface area contributed by atoms with Crippen LogP contribution < -0.4 is 17.0 Å². The van der Waals surface area contributed by atoms with Crippen molar-refractivity contribution >= 4 is 54.9 Å². The van der Waals surface area contributed by atoms with Gasteiger partial charge in [-0.1, -0.05) is 5.21 Å². The number of hydrogen-bond donors (Lipinski definition) is 6. The number of phosphoric acid groups is 1. The van der Waals surface area contributed by atoms with Crippen molar-refractivity contribution < 1.29 is 47.0 Å². The van der Waals surface area contributed by atoms with Crippen molar-refractivity contribution in [2.45, 2.75) is 49.3 Å². The number of aromatic nitrogens is 9. The van der Waals surface area contributed by atoms with E-state index in [4.69, 9.17) is 50.8 Å². The van der Waals surface area contributed by atoms with Crippen LogP contribution in [0.15, 0.2) is 17.3 Å². The molecule has 25 heteroatoms. The maximum atomic E-state index is 13.1. The number of anilines is 2. The minimum atomic E-state index is -4.83. The molecule has 0 radical (unpaired) electrons. The number of aliphatic hydroxyl groups excluding tert-OH is 1. The predicted molar refractivity (Wildman–Crippen MR) is 146 cm³/mol. The van der Waals surface area contributed by atoms with E-state index in [1.165, 1.54) is 17.0 Å². The lowest BCUT2D eigenvalue weighted by molar-refractivity contribution is -0.0645. The van der Waals surface area contributed by atoms with Crippen molar-refractivity contribution in [2.24, 2.45) is 0 Å². The van der Waals surface area contributed by atoms with Crippen LogP contribution in [0.4, 0.5) is 11.8 Å². The first-order valence-electron chi connectivity index (χ1n) is 12.7. The van der Waals surface area contributed by atoms with Crippen molar-refractivity contribution in [2.75, 3.05) is 24.7 Å². The number of hydrogen-bond acceptors (Lipinski definition) is 18. The molecule has 0 saturated carbocycles. The van der Waals surface area contributed by atoms with E-state index >= 15 is 0 Å². The van der Waals surface area contributed by atoms with E-state index in [1.54, 1.807) is 0 Å². The summed E-state index contributed by atoms with van der Waals surface area (Å²) in [6.45, 7) is -5.36. The van der Waals surface area contributed by atoms with E-state index in [-0.39, 0.29) is 35.0 Å². The van der Waals surface area contributed by atoms with Gasteiger partial charge in [-0.05, 0) is 11.8 Å². The second kappa shape index (κ2) is 10.8. The molecule has 236 valence electrons.